The van der Waals surface area contributed by atoms with E-state index in [2.05, 4.69) is 10.1 Å². The molecule has 1 heterocycles. The number of carbonyl (C=O) groups excluding carboxylic acids is 2. The number of ether oxygens (including phenoxy) is 3. The number of para-hydroxylation sites is 1. The molecule has 0 radical (unpaired) electrons. The highest BCUT2D eigenvalue weighted by Crippen LogP contribution is 2.23. The van der Waals surface area contributed by atoms with E-state index in [0.717, 1.165) is 0 Å². The second kappa shape index (κ2) is 6.38. The van der Waals surface area contributed by atoms with E-state index in [1.54, 1.807) is 24.3 Å². The zero-order valence-corrected chi connectivity index (χ0v) is 11.4. The minimum absolute atomic E-state index is 0.190. The quantitative estimate of drug-likeness (QED) is 0.820. The van der Waals surface area contributed by atoms with Crippen molar-refractivity contribution in [2.75, 3.05) is 20.8 Å². The highest BCUT2D eigenvalue weighted by Gasteiger charge is 2.32. The van der Waals surface area contributed by atoms with Crippen LogP contribution in [0.25, 0.3) is 0 Å². The van der Waals surface area contributed by atoms with Crippen molar-refractivity contribution >= 4 is 11.9 Å². The topological polar surface area (TPSA) is 73.9 Å². The first-order chi connectivity index (χ1) is 9.65. The Kier molecular flexibility index (Phi) is 4.57. The predicted octanol–water partition coefficient (Wildman–Crippen LogP) is 0.755. The van der Waals surface area contributed by atoms with Crippen LogP contribution < -0.4 is 10.1 Å². The van der Waals surface area contributed by atoms with Crippen molar-refractivity contribution in [3.8, 4) is 5.75 Å². The monoisotopic (exact) mass is 279 g/mol. The highest BCUT2D eigenvalue weighted by molar-refractivity contribution is 5.92. The molecule has 0 amide bonds. The molecule has 1 fully saturated rings. The molecule has 0 saturated carbocycles. The van der Waals surface area contributed by atoms with Gasteiger partial charge in [-0.2, -0.15) is 0 Å². The van der Waals surface area contributed by atoms with E-state index >= 15 is 0 Å². The van der Waals surface area contributed by atoms with Crippen LogP contribution in [0, 0.1) is 0 Å². The number of nitrogens with one attached hydrogen (secondary N) is 1. The van der Waals surface area contributed by atoms with Gasteiger partial charge in [-0.05, 0) is 12.1 Å². The first kappa shape index (κ1) is 14.3. The average Bonchev–Trinajstić information content (AvgIpc) is 2.94. The van der Waals surface area contributed by atoms with Crippen LogP contribution in [0.3, 0.4) is 0 Å². The standard InChI is InChI=1S/C14H17NO5/c1-18-13(16)10-5-3-4-6-12(10)20-9-7-11(15-8-9)14(17)19-2/h3-6,9,11,15H,7-8H2,1-2H3. The first-order valence-electron chi connectivity index (χ1n) is 6.31. The Balaban J connectivity index is 2.05. The molecule has 0 aliphatic carbocycles. The molecule has 1 N–H and O–H groups in total. The first-order valence-corrected chi connectivity index (χ1v) is 6.31. The summed E-state index contributed by atoms with van der Waals surface area (Å²) >= 11 is 0. The molecule has 2 unspecified atom stereocenters. The molecule has 2 rings (SSSR count). The smallest absolute Gasteiger partial charge is 0.341 e. The van der Waals surface area contributed by atoms with E-state index in [1.807, 2.05) is 0 Å². The van der Waals surface area contributed by atoms with Gasteiger partial charge in [-0.3, -0.25) is 4.79 Å². The summed E-state index contributed by atoms with van der Waals surface area (Å²) in [5.74, 6) is -0.301. The summed E-state index contributed by atoms with van der Waals surface area (Å²) in [5, 5.41) is 3.02. The van der Waals surface area contributed by atoms with Crippen molar-refractivity contribution in [2.24, 2.45) is 0 Å². The molecule has 6 heteroatoms. The van der Waals surface area contributed by atoms with Crippen molar-refractivity contribution < 1.29 is 23.8 Å². The zero-order valence-electron chi connectivity index (χ0n) is 11.4. The maximum Gasteiger partial charge on any atom is 0.341 e. The van der Waals surface area contributed by atoms with Crippen LogP contribution in [-0.2, 0) is 14.3 Å². The molecule has 1 aliphatic rings. The fraction of sp³-hybridized carbons (Fsp3) is 0.429. The minimum atomic E-state index is -0.448. The van der Waals surface area contributed by atoms with E-state index in [-0.39, 0.29) is 18.1 Å². The van der Waals surface area contributed by atoms with E-state index in [9.17, 15) is 9.59 Å². The summed E-state index contributed by atoms with van der Waals surface area (Å²) in [5.41, 5.74) is 0.372. The van der Waals surface area contributed by atoms with Crippen molar-refractivity contribution in [1.29, 1.82) is 0 Å². The van der Waals surface area contributed by atoms with Crippen molar-refractivity contribution in [2.45, 2.75) is 18.6 Å². The second-order valence-electron chi connectivity index (χ2n) is 4.45. The lowest BCUT2D eigenvalue weighted by molar-refractivity contribution is -0.142. The van der Waals surface area contributed by atoms with Gasteiger partial charge < -0.3 is 19.5 Å². The molecule has 1 aromatic carbocycles. The van der Waals surface area contributed by atoms with Gasteiger partial charge in [0.05, 0.1) is 14.2 Å². The van der Waals surface area contributed by atoms with E-state index in [0.29, 0.717) is 24.3 Å². The highest BCUT2D eigenvalue weighted by atomic mass is 16.5. The summed E-state index contributed by atoms with van der Waals surface area (Å²) in [4.78, 5) is 23.1. The molecular weight excluding hydrogens is 262 g/mol. The number of carbonyl (C=O) groups is 2. The summed E-state index contributed by atoms with van der Waals surface area (Å²) in [6.07, 6.45) is 0.312. The lowest BCUT2D eigenvalue weighted by atomic mass is 10.2. The molecular formula is C14H17NO5. The molecule has 1 aromatic rings. The summed E-state index contributed by atoms with van der Waals surface area (Å²) in [6.45, 7) is 0.523. The molecule has 20 heavy (non-hydrogen) atoms. The van der Waals surface area contributed by atoms with Gasteiger partial charge in [0.1, 0.15) is 23.5 Å². The average molecular weight is 279 g/mol. The SMILES string of the molecule is COC(=O)c1ccccc1OC1CNC(C(=O)OC)C1. The Morgan fingerprint density at radius 1 is 1.20 bits per heavy atom. The van der Waals surface area contributed by atoms with Crippen molar-refractivity contribution in [1.82, 2.24) is 5.32 Å². The molecule has 2 atom stereocenters. The molecule has 108 valence electrons. The van der Waals surface area contributed by atoms with Gasteiger partial charge in [-0.15, -0.1) is 0 Å². The van der Waals surface area contributed by atoms with Crippen LogP contribution in [0.5, 0.6) is 5.75 Å². The summed E-state index contributed by atoms with van der Waals surface area (Å²) < 4.78 is 15.2. The molecule has 1 aliphatic heterocycles. The van der Waals surface area contributed by atoms with Crippen LogP contribution in [0.1, 0.15) is 16.8 Å². The maximum atomic E-state index is 11.6. The van der Waals surface area contributed by atoms with Gasteiger partial charge in [-0.25, -0.2) is 4.79 Å². The Bertz CT molecular complexity index is 502. The lowest BCUT2D eigenvalue weighted by Crippen LogP contribution is -2.31. The van der Waals surface area contributed by atoms with Crippen LogP contribution in [-0.4, -0.2) is 44.8 Å². The minimum Gasteiger partial charge on any atom is -0.488 e. The van der Waals surface area contributed by atoms with Gasteiger partial charge in [0, 0.05) is 13.0 Å². The zero-order chi connectivity index (χ0) is 14.5. The fourth-order valence-corrected chi connectivity index (χ4v) is 2.14. The number of hydrogen-bond donors (Lipinski definition) is 1. The molecule has 0 aromatic heterocycles. The Hall–Kier alpha value is -2.08. The molecule has 6 nitrogen and oxygen atoms in total. The van der Waals surface area contributed by atoms with Gasteiger partial charge in [0.2, 0.25) is 0 Å². The van der Waals surface area contributed by atoms with E-state index in [4.69, 9.17) is 9.47 Å². The molecule has 0 bridgehead atoms. The molecule has 0 spiro atoms. The van der Waals surface area contributed by atoms with Crippen LogP contribution in [0.15, 0.2) is 24.3 Å². The van der Waals surface area contributed by atoms with Crippen LogP contribution in [0.4, 0.5) is 0 Å². The largest absolute Gasteiger partial charge is 0.488 e. The van der Waals surface area contributed by atoms with Gasteiger partial charge >= 0.3 is 11.9 Å². The van der Waals surface area contributed by atoms with Gasteiger partial charge in [0.15, 0.2) is 0 Å². The van der Waals surface area contributed by atoms with Crippen molar-refractivity contribution in [3.63, 3.8) is 0 Å². The number of benzene rings is 1. The predicted molar refractivity (Wildman–Crippen MR) is 70.6 cm³/mol. The number of rotatable bonds is 4. The third kappa shape index (κ3) is 3.08. The van der Waals surface area contributed by atoms with Gasteiger partial charge in [0.25, 0.3) is 0 Å². The fourth-order valence-electron chi connectivity index (χ4n) is 2.14. The van der Waals surface area contributed by atoms with Gasteiger partial charge in [-0.1, -0.05) is 12.1 Å². The lowest BCUT2D eigenvalue weighted by Gasteiger charge is -2.15. The second-order valence-corrected chi connectivity index (χ2v) is 4.45. The number of esters is 2. The summed E-state index contributed by atoms with van der Waals surface area (Å²) in [7, 11) is 2.67. The Morgan fingerprint density at radius 2 is 1.95 bits per heavy atom. The van der Waals surface area contributed by atoms with Crippen molar-refractivity contribution in [3.05, 3.63) is 29.8 Å². The third-order valence-corrected chi connectivity index (χ3v) is 3.16. The normalized spacial score (nSPS) is 21.3. The Labute approximate surface area is 117 Å². The van der Waals surface area contributed by atoms with Crippen LogP contribution in [0.2, 0.25) is 0 Å². The van der Waals surface area contributed by atoms with E-state index < -0.39 is 5.97 Å². The Morgan fingerprint density at radius 3 is 2.65 bits per heavy atom. The maximum absolute atomic E-state index is 11.6. The van der Waals surface area contributed by atoms with E-state index in [1.165, 1.54) is 14.2 Å². The summed E-state index contributed by atoms with van der Waals surface area (Å²) in [6, 6.07) is 6.50. The third-order valence-electron chi connectivity index (χ3n) is 3.16. The number of hydrogen-bond acceptors (Lipinski definition) is 6. The van der Waals surface area contributed by atoms with Crippen LogP contribution >= 0.6 is 0 Å². The number of methoxy groups -OCH3 is 2. The molecule has 1 saturated heterocycles.